The highest BCUT2D eigenvalue weighted by atomic mass is 16.5. The van der Waals surface area contributed by atoms with E-state index in [4.69, 9.17) is 10.5 Å². The summed E-state index contributed by atoms with van der Waals surface area (Å²) in [6, 6.07) is 13.0. The Balaban J connectivity index is 1.36. The quantitative estimate of drug-likeness (QED) is 0.132. The van der Waals surface area contributed by atoms with Crippen molar-refractivity contribution < 1.29 is 25.2 Å². The number of H-pyrrole nitrogens is 1. The summed E-state index contributed by atoms with van der Waals surface area (Å²) in [7, 11) is 0. The summed E-state index contributed by atoms with van der Waals surface area (Å²) in [6.45, 7) is 1.92. The van der Waals surface area contributed by atoms with Crippen molar-refractivity contribution in [3.8, 4) is 23.3 Å². The molecule has 2 aliphatic rings. The number of hydrogen-bond acceptors (Lipinski definition) is 7. The van der Waals surface area contributed by atoms with E-state index in [1.54, 1.807) is 18.3 Å². The second-order valence-corrected chi connectivity index (χ2v) is 12.6. The van der Waals surface area contributed by atoms with Gasteiger partial charge < -0.3 is 35.9 Å². The molecule has 5 rings (SSSR count). The van der Waals surface area contributed by atoms with Crippen LogP contribution in [0.15, 0.2) is 67.0 Å². The number of nitrogens with one attached hydrogen (secondary N) is 1. The Labute approximate surface area is 266 Å². The molecular formula is C37H47N3O5. The standard InChI is InChI=1S/C37H47N3O5/c1-2-24-6-3-4-8-33(43)37-25(10-9-24)11-12-26(20-34(37)44)27-13-14-32(42)35(21-27)45-31(23-41)19-29(18-30-7-5-16-39-30)28-15-17-40-36(38)22-28/h5,7,11-17,21-22,24-26,29,31,33-34,37,39,41-44H,2-4,6,8,18-20,23H2,1H3,(H2,38,40)/t24-,25+,26+,29-,31-,33-,34+,37+/m0/s1. The van der Waals surface area contributed by atoms with Crippen LogP contribution in [-0.2, 0) is 6.42 Å². The molecule has 0 saturated carbocycles. The summed E-state index contributed by atoms with van der Waals surface area (Å²) < 4.78 is 6.28. The third kappa shape index (κ3) is 8.49. The number of phenols is 1. The van der Waals surface area contributed by atoms with Gasteiger partial charge >= 0.3 is 0 Å². The molecule has 0 unspecified atom stereocenters. The highest BCUT2D eigenvalue weighted by Gasteiger charge is 2.36. The minimum atomic E-state index is -0.747. The topological polar surface area (TPSA) is 145 Å². The fraction of sp³-hybridized carbons (Fsp3) is 0.486. The number of hydrogen-bond donors (Lipinski definition) is 6. The van der Waals surface area contributed by atoms with Crippen LogP contribution in [0, 0.1) is 29.6 Å². The van der Waals surface area contributed by atoms with E-state index in [0.29, 0.717) is 37.4 Å². The number of nitrogens with two attached hydrogens (primary N) is 1. The molecule has 0 amide bonds. The lowest BCUT2D eigenvalue weighted by atomic mass is 9.79. The van der Waals surface area contributed by atoms with Gasteiger partial charge in [-0.2, -0.15) is 0 Å². The van der Waals surface area contributed by atoms with Crippen LogP contribution in [0.25, 0.3) is 0 Å². The Morgan fingerprint density at radius 3 is 2.67 bits per heavy atom. The van der Waals surface area contributed by atoms with Crippen molar-refractivity contribution in [3.63, 3.8) is 0 Å². The number of nitrogens with zero attached hydrogens (tertiary/aromatic N) is 1. The minimum Gasteiger partial charge on any atom is -0.504 e. The van der Waals surface area contributed by atoms with E-state index < -0.39 is 18.3 Å². The highest BCUT2D eigenvalue weighted by Crippen LogP contribution is 2.39. The lowest BCUT2D eigenvalue weighted by Crippen LogP contribution is -2.36. The molecule has 0 saturated heterocycles. The smallest absolute Gasteiger partial charge is 0.161 e. The van der Waals surface area contributed by atoms with Crippen molar-refractivity contribution in [1.29, 1.82) is 0 Å². The van der Waals surface area contributed by atoms with Gasteiger partial charge in [-0.1, -0.05) is 49.8 Å². The van der Waals surface area contributed by atoms with Crippen LogP contribution < -0.4 is 10.5 Å². The van der Waals surface area contributed by atoms with Crippen LogP contribution >= 0.6 is 0 Å². The molecule has 8 atom stereocenters. The molecule has 0 bridgehead atoms. The molecule has 7 N–H and O–H groups in total. The average molecular weight is 614 g/mol. The van der Waals surface area contributed by atoms with Crippen LogP contribution in [0.5, 0.6) is 11.5 Å². The van der Waals surface area contributed by atoms with Crippen LogP contribution in [0.4, 0.5) is 5.82 Å². The Morgan fingerprint density at radius 1 is 1.07 bits per heavy atom. The maximum Gasteiger partial charge on any atom is 0.161 e. The number of phenolic OH excluding ortho intramolecular Hbond substituents is 1. The van der Waals surface area contributed by atoms with Gasteiger partial charge in [0.05, 0.1) is 18.8 Å². The van der Waals surface area contributed by atoms with Gasteiger partial charge in [-0.25, -0.2) is 4.98 Å². The fourth-order valence-electron chi connectivity index (χ4n) is 6.86. The van der Waals surface area contributed by atoms with E-state index in [-0.39, 0.29) is 41.8 Å². The second kappa shape index (κ2) is 15.5. The number of fused-ring (bicyclic) bond motifs is 1. The number of pyridine rings is 1. The van der Waals surface area contributed by atoms with Crippen LogP contribution in [-0.4, -0.2) is 55.3 Å². The zero-order chi connectivity index (χ0) is 31.8. The summed E-state index contributed by atoms with van der Waals surface area (Å²) >= 11 is 0. The summed E-state index contributed by atoms with van der Waals surface area (Å²) in [4.78, 5) is 7.38. The van der Waals surface area contributed by atoms with E-state index in [1.165, 1.54) is 0 Å². The van der Waals surface area contributed by atoms with Crippen LogP contribution in [0.2, 0.25) is 0 Å². The molecule has 0 fully saturated rings. The largest absolute Gasteiger partial charge is 0.504 e. The third-order valence-corrected chi connectivity index (χ3v) is 9.46. The first kappa shape index (κ1) is 32.6. The SMILES string of the molecule is CC[C@@H]1C#C[C@@H]2C=C[C@@H](c3ccc(O)c(O[C@H](CO)C[C@H](Cc4ccc[nH]4)c4ccnc(N)c4)c3)C[C@@H](O)[C@H]2[C@@H](O)CCCC1. The molecule has 45 heavy (non-hydrogen) atoms. The van der Waals surface area contributed by atoms with Gasteiger partial charge in [0.1, 0.15) is 11.9 Å². The fourth-order valence-corrected chi connectivity index (χ4v) is 6.86. The normalized spacial score (nSPS) is 26.5. The number of aliphatic hydroxyl groups excluding tert-OH is 3. The van der Waals surface area contributed by atoms with E-state index in [0.717, 1.165) is 42.5 Å². The van der Waals surface area contributed by atoms with Crippen LogP contribution in [0.1, 0.15) is 80.5 Å². The van der Waals surface area contributed by atoms with E-state index in [9.17, 15) is 20.4 Å². The molecule has 0 aliphatic heterocycles. The van der Waals surface area contributed by atoms with Gasteiger partial charge in [-0.05, 0) is 92.0 Å². The first-order valence-electron chi connectivity index (χ1n) is 16.3. The Morgan fingerprint density at radius 2 is 1.91 bits per heavy atom. The second-order valence-electron chi connectivity index (χ2n) is 12.6. The van der Waals surface area contributed by atoms with Crippen molar-refractivity contribution >= 4 is 5.82 Å². The molecule has 2 aromatic heterocycles. The zero-order valence-corrected chi connectivity index (χ0v) is 26.1. The Hall–Kier alpha value is -3.77. The minimum absolute atomic E-state index is 0.0227. The number of rotatable bonds is 10. The van der Waals surface area contributed by atoms with E-state index in [2.05, 4.69) is 34.8 Å². The molecule has 2 heterocycles. The molecule has 0 spiro atoms. The molecule has 8 nitrogen and oxygen atoms in total. The third-order valence-electron chi connectivity index (χ3n) is 9.46. The average Bonchev–Trinajstić information content (AvgIpc) is 3.49. The predicted octanol–water partition coefficient (Wildman–Crippen LogP) is 5.46. The molecule has 0 radical (unpaired) electrons. The number of aromatic amines is 1. The molecular weight excluding hydrogens is 566 g/mol. The molecule has 3 aromatic rings. The number of anilines is 1. The highest BCUT2D eigenvalue weighted by molar-refractivity contribution is 5.44. The monoisotopic (exact) mass is 613 g/mol. The first-order chi connectivity index (χ1) is 21.8. The van der Waals surface area contributed by atoms with Crippen molar-refractivity contribution in [2.45, 2.75) is 88.4 Å². The summed E-state index contributed by atoms with van der Waals surface area (Å²) in [5.41, 5.74) is 8.91. The predicted molar refractivity (Wildman–Crippen MR) is 176 cm³/mol. The lowest BCUT2D eigenvalue weighted by molar-refractivity contribution is -0.00706. The summed E-state index contributed by atoms with van der Waals surface area (Å²) in [5.74, 6) is 7.07. The van der Waals surface area contributed by atoms with Gasteiger partial charge in [-0.15, -0.1) is 0 Å². The van der Waals surface area contributed by atoms with Crippen LogP contribution in [0.3, 0.4) is 0 Å². The first-order valence-corrected chi connectivity index (χ1v) is 16.3. The van der Waals surface area contributed by atoms with Crippen molar-refractivity contribution in [2.24, 2.45) is 17.8 Å². The maximum absolute atomic E-state index is 11.4. The number of benzene rings is 1. The number of aromatic hydroxyl groups is 1. The van der Waals surface area contributed by atoms with Crippen molar-refractivity contribution in [1.82, 2.24) is 9.97 Å². The molecule has 1 aromatic carbocycles. The lowest BCUT2D eigenvalue weighted by Gasteiger charge is -2.31. The maximum atomic E-state index is 11.4. The number of allylic oxidation sites excluding steroid dienone is 2. The van der Waals surface area contributed by atoms with Gasteiger partial charge in [0.2, 0.25) is 0 Å². The number of aliphatic hydroxyl groups is 3. The van der Waals surface area contributed by atoms with E-state index >= 15 is 0 Å². The summed E-state index contributed by atoms with van der Waals surface area (Å²) in [5, 5.41) is 43.7. The van der Waals surface area contributed by atoms with Gasteiger partial charge in [0, 0.05) is 41.8 Å². The molecule has 2 aliphatic carbocycles. The van der Waals surface area contributed by atoms with Crippen molar-refractivity contribution in [2.75, 3.05) is 12.3 Å². The van der Waals surface area contributed by atoms with Gasteiger partial charge in [0.15, 0.2) is 11.5 Å². The van der Waals surface area contributed by atoms with Gasteiger partial charge in [0.25, 0.3) is 0 Å². The van der Waals surface area contributed by atoms with Gasteiger partial charge in [-0.3, -0.25) is 0 Å². The number of aromatic nitrogens is 2. The van der Waals surface area contributed by atoms with E-state index in [1.807, 2.05) is 42.6 Å². The molecule has 240 valence electrons. The van der Waals surface area contributed by atoms with Crippen molar-refractivity contribution in [3.05, 3.63) is 83.8 Å². The molecule has 8 heteroatoms. The Kier molecular flexibility index (Phi) is 11.2. The zero-order valence-electron chi connectivity index (χ0n) is 26.1. The summed E-state index contributed by atoms with van der Waals surface area (Å²) in [6.07, 6.45) is 11.9. The number of nitrogen functional groups attached to an aromatic ring is 1. The number of ether oxygens (including phenoxy) is 1. The Bertz CT molecular complexity index is 1460.